The molecule has 0 saturated carbocycles. The Morgan fingerprint density at radius 1 is 0.957 bits per heavy atom. The highest BCUT2D eigenvalue weighted by Gasteiger charge is 2.11. The van der Waals surface area contributed by atoms with Gasteiger partial charge in [0.25, 0.3) is 20.2 Å². The summed E-state index contributed by atoms with van der Waals surface area (Å²) in [5.41, 5.74) is 1.88. The number of hydrogen-bond acceptors (Lipinski definition) is 7. The molecule has 1 aromatic rings. The van der Waals surface area contributed by atoms with Crippen molar-refractivity contribution < 1.29 is 25.2 Å². The first-order valence-electron chi connectivity index (χ1n) is 6.57. The number of hydrogen-bond donors (Lipinski definition) is 0. The van der Waals surface area contributed by atoms with E-state index in [9.17, 15) is 16.8 Å². The first-order chi connectivity index (χ1) is 10.1. The molecule has 1 rings (SSSR count). The molecule has 0 heterocycles. The Balaban J connectivity index is 0.00000484. The number of halogens is 1. The molecule has 0 saturated heterocycles. The molecule has 0 amide bonds. The Morgan fingerprint density at radius 2 is 1.43 bits per heavy atom. The van der Waals surface area contributed by atoms with E-state index in [2.05, 4.69) is 0 Å². The van der Waals surface area contributed by atoms with Gasteiger partial charge in [-0.3, -0.25) is 8.37 Å². The highest BCUT2D eigenvalue weighted by molar-refractivity contribution is 7.86. The van der Waals surface area contributed by atoms with Crippen molar-refractivity contribution in [2.45, 2.75) is 6.92 Å². The fourth-order valence-corrected chi connectivity index (χ4v) is 2.55. The molecule has 0 aromatic heterocycles. The lowest BCUT2D eigenvalue weighted by atomic mass is 10.2. The molecule has 0 unspecified atom stereocenters. The van der Waals surface area contributed by atoms with Gasteiger partial charge in [0.15, 0.2) is 0 Å². The fraction of sp³-hybridized carbons (Fsp3) is 0.538. The van der Waals surface area contributed by atoms with Crippen molar-refractivity contribution in [3.63, 3.8) is 0 Å². The van der Waals surface area contributed by atoms with E-state index in [0.29, 0.717) is 13.1 Å². The van der Waals surface area contributed by atoms with Gasteiger partial charge in [0.05, 0.1) is 25.7 Å². The van der Waals surface area contributed by atoms with E-state index in [-0.39, 0.29) is 25.6 Å². The third-order valence-electron chi connectivity index (χ3n) is 2.68. The molecule has 1 aromatic carbocycles. The van der Waals surface area contributed by atoms with Crippen LogP contribution in [0.25, 0.3) is 0 Å². The molecule has 0 atom stereocenters. The van der Waals surface area contributed by atoms with Crippen LogP contribution in [-0.4, -0.2) is 55.7 Å². The molecular formula is C13H22ClNO6S2. The quantitative estimate of drug-likeness (QED) is 0.587. The summed E-state index contributed by atoms with van der Waals surface area (Å²) < 4.78 is 53.5. The van der Waals surface area contributed by atoms with Gasteiger partial charge in [0.2, 0.25) is 0 Å². The molecule has 0 fully saturated rings. The van der Waals surface area contributed by atoms with E-state index in [1.54, 1.807) is 0 Å². The summed E-state index contributed by atoms with van der Waals surface area (Å²) in [5, 5.41) is 0. The van der Waals surface area contributed by atoms with Crippen molar-refractivity contribution in [2.75, 3.05) is 43.7 Å². The van der Waals surface area contributed by atoms with Gasteiger partial charge in [0, 0.05) is 18.8 Å². The molecular weight excluding hydrogens is 366 g/mol. The topological polar surface area (TPSA) is 90.0 Å². The summed E-state index contributed by atoms with van der Waals surface area (Å²) in [7, 11) is -7.02. The van der Waals surface area contributed by atoms with E-state index >= 15 is 0 Å². The standard InChI is InChI=1S/C13H21NO6S2.ClH/c1-12-5-4-6-13(11-12)14(7-9-19-21(2,15)16)8-10-20-22(3,17)18;/h4-6,11H,7-10H2,1-3H3;1H. The van der Waals surface area contributed by atoms with Crippen molar-refractivity contribution in [1.29, 1.82) is 0 Å². The molecule has 10 heteroatoms. The molecule has 0 aliphatic heterocycles. The minimum Gasteiger partial charge on any atom is -0.367 e. The van der Waals surface area contributed by atoms with Gasteiger partial charge in [-0.05, 0) is 24.6 Å². The van der Waals surface area contributed by atoms with Crippen molar-refractivity contribution in [2.24, 2.45) is 0 Å². The Hall–Kier alpha value is -0.870. The minimum atomic E-state index is -3.51. The van der Waals surface area contributed by atoms with Crippen LogP contribution >= 0.6 is 12.4 Å². The third kappa shape index (κ3) is 10.5. The Kier molecular flexibility index (Phi) is 9.07. The summed E-state index contributed by atoms with van der Waals surface area (Å²) in [5.74, 6) is 0. The summed E-state index contributed by atoms with van der Waals surface area (Å²) in [6.07, 6.45) is 1.97. The number of nitrogens with zero attached hydrogens (tertiary/aromatic N) is 1. The monoisotopic (exact) mass is 387 g/mol. The van der Waals surface area contributed by atoms with Gasteiger partial charge >= 0.3 is 0 Å². The molecule has 0 spiro atoms. The molecule has 0 bridgehead atoms. The van der Waals surface area contributed by atoms with Crippen LogP contribution in [0, 0.1) is 6.92 Å². The lowest BCUT2D eigenvalue weighted by Crippen LogP contribution is -2.32. The van der Waals surface area contributed by atoms with Crippen LogP contribution in [0.1, 0.15) is 5.56 Å². The number of anilines is 1. The van der Waals surface area contributed by atoms with E-state index < -0.39 is 20.2 Å². The molecule has 134 valence electrons. The number of rotatable bonds is 9. The van der Waals surface area contributed by atoms with Crippen LogP contribution in [0.4, 0.5) is 5.69 Å². The van der Waals surface area contributed by atoms with Gasteiger partial charge in [0.1, 0.15) is 0 Å². The largest absolute Gasteiger partial charge is 0.367 e. The van der Waals surface area contributed by atoms with Crippen molar-refractivity contribution in [3.05, 3.63) is 29.8 Å². The Morgan fingerprint density at radius 3 is 1.83 bits per heavy atom. The second-order valence-electron chi connectivity index (χ2n) is 4.88. The zero-order valence-electron chi connectivity index (χ0n) is 13.3. The lowest BCUT2D eigenvalue weighted by Gasteiger charge is -2.24. The third-order valence-corrected chi connectivity index (χ3v) is 3.87. The maximum atomic E-state index is 11.0. The molecule has 7 nitrogen and oxygen atoms in total. The van der Waals surface area contributed by atoms with Crippen LogP contribution in [0.2, 0.25) is 0 Å². The zero-order chi connectivity index (χ0) is 16.8. The smallest absolute Gasteiger partial charge is 0.264 e. The average molecular weight is 388 g/mol. The molecule has 23 heavy (non-hydrogen) atoms. The van der Waals surface area contributed by atoms with Crippen LogP contribution in [0.15, 0.2) is 24.3 Å². The summed E-state index contributed by atoms with van der Waals surface area (Å²) in [6.45, 7) is 2.48. The van der Waals surface area contributed by atoms with Crippen LogP contribution in [0.3, 0.4) is 0 Å². The summed E-state index contributed by atoms with van der Waals surface area (Å²) >= 11 is 0. The first kappa shape index (κ1) is 22.1. The van der Waals surface area contributed by atoms with Crippen molar-refractivity contribution in [3.8, 4) is 0 Å². The number of aryl methyl sites for hydroxylation is 1. The summed E-state index contributed by atoms with van der Waals surface area (Å²) in [4.78, 5) is 1.81. The van der Waals surface area contributed by atoms with Crippen molar-refractivity contribution >= 4 is 38.3 Å². The van der Waals surface area contributed by atoms with Gasteiger partial charge in [-0.2, -0.15) is 16.8 Å². The predicted molar refractivity (Wildman–Crippen MR) is 92.2 cm³/mol. The van der Waals surface area contributed by atoms with E-state index in [1.807, 2.05) is 36.1 Å². The zero-order valence-corrected chi connectivity index (χ0v) is 15.7. The normalized spacial score (nSPS) is 11.8. The van der Waals surface area contributed by atoms with Gasteiger partial charge in [-0.25, -0.2) is 0 Å². The van der Waals surface area contributed by atoms with Crippen LogP contribution in [0.5, 0.6) is 0 Å². The SMILES string of the molecule is Cc1cccc(N(CCOS(C)(=O)=O)CCOS(C)(=O)=O)c1.Cl. The van der Waals surface area contributed by atoms with E-state index in [1.165, 1.54) is 0 Å². The molecule has 0 aliphatic carbocycles. The Bertz CT molecular complexity index is 652. The minimum absolute atomic E-state index is 0. The Labute approximate surface area is 144 Å². The first-order valence-corrected chi connectivity index (χ1v) is 10.2. The summed E-state index contributed by atoms with van der Waals surface area (Å²) in [6, 6.07) is 7.57. The molecule has 0 N–H and O–H groups in total. The second kappa shape index (κ2) is 9.43. The second-order valence-corrected chi connectivity index (χ2v) is 8.17. The van der Waals surface area contributed by atoms with Gasteiger partial charge in [-0.15, -0.1) is 12.4 Å². The number of benzene rings is 1. The predicted octanol–water partition coefficient (Wildman–Crippen LogP) is 1.18. The van der Waals surface area contributed by atoms with E-state index in [0.717, 1.165) is 23.8 Å². The highest BCUT2D eigenvalue weighted by atomic mass is 35.5. The average Bonchev–Trinajstić information content (AvgIpc) is 2.34. The fourth-order valence-electron chi connectivity index (χ4n) is 1.79. The van der Waals surface area contributed by atoms with Gasteiger partial charge in [-0.1, -0.05) is 12.1 Å². The molecule has 0 radical (unpaired) electrons. The van der Waals surface area contributed by atoms with Crippen LogP contribution < -0.4 is 4.90 Å². The van der Waals surface area contributed by atoms with Gasteiger partial charge < -0.3 is 4.90 Å². The maximum absolute atomic E-state index is 11.0. The lowest BCUT2D eigenvalue weighted by molar-refractivity contribution is 0.309. The molecule has 0 aliphatic rings. The van der Waals surface area contributed by atoms with Crippen LogP contribution in [-0.2, 0) is 28.6 Å². The van der Waals surface area contributed by atoms with E-state index in [4.69, 9.17) is 8.37 Å². The highest BCUT2D eigenvalue weighted by Crippen LogP contribution is 2.15. The maximum Gasteiger partial charge on any atom is 0.264 e. The van der Waals surface area contributed by atoms with Crippen molar-refractivity contribution in [1.82, 2.24) is 0 Å².